The molecule has 0 spiro atoms. The summed E-state index contributed by atoms with van der Waals surface area (Å²) in [6, 6.07) is 7.70. The van der Waals surface area contributed by atoms with Gasteiger partial charge in [0.25, 0.3) is 5.89 Å². The summed E-state index contributed by atoms with van der Waals surface area (Å²) in [6.45, 7) is 2.86. The van der Waals surface area contributed by atoms with Crippen LogP contribution >= 0.6 is 0 Å². The van der Waals surface area contributed by atoms with Crippen molar-refractivity contribution in [2.24, 2.45) is 0 Å². The first-order valence-electron chi connectivity index (χ1n) is 7.37. The van der Waals surface area contributed by atoms with E-state index in [9.17, 15) is 0 Å². The number of aromatic nitrogens is 3. The fourth-order valence-corrected chi connectivity index (χ4v) is 2.83. The highest BCUT2D eigenvalue weighted by molar-refractivity contribution is 5.42. The minimum Gasteiger partial charge on any atom is -0.459 e. The summed E-state index contributed by atoms with van der Waals surface area (Å²) in [7, 11) is 0. The number of rotatable bonds is 4. The highest BCUT2D eigenvalue weighted by Gasteiger charge is 2.28. The Labute approximate surface area is 127 Å². The SMILES string of the molecule is c1cncc(CN2CCC(c3nnc(-c4ccco4)o3)C2)c1. The Kier molecular flexibility index (Phi) is 3.44. The molecule has 0 saturated carbocycles. The lowest BCUT2D eigenvalue weighted by molar-refractivity contribution is 0.319. The number of likely N-dealkylation sites (tertiary alicyclic amines) is 1. The minimum absolute atomic E-state index is 0.285. The first-order chi connectivity index (χ1) is 10.9. The molecule has 1 fully saturated rings. The Bertz CT molecular complexity index is 724. The molecule has 0 aliphatic carbocycles. The molecule has 1 aliphatic heterocycles. The fourth-order valence-electron chi connectivity index (χ4n) is 2.83. The van der Waals surface area contributed by atoms with Crippen LogP contribution in [0.1, 0.15) is 23.8 Å². The van der Waals surface area contributed by atoms with Crippen molar-refractivity contribution in [3.63, 3.8) is 0 Å². The van der Waals surface area contributed by atoms with Crippen LogP contribution in [0.25, 0.3) is 11.7 Å². The van der Waals surface area contributed by atoms with Crippen LogP contribution in [0.15, 0.2) is 51.8 Å². The van der Waals surface area contributed by atoms with Crippen LogP contribution in [-0.4, -0.2) is 33.2 Å². The predicted octanol–water partition coefficient (Wildman–Crippen LogP) is 2.71. The Morgan fingerprint density at radius 3 is 3.05 bits per heavy atom. The summed E-state index contributed by atoms with van der Waals surface area (Å²) in [5, 5.41) is 8.25. The van der Waals surface area contributed by atoms with Gasteiger partial charge in [-0.2, -0.15) is 0 Å². The molecule has 4 heterocycles. The summed E-state index contributed by atoms with van der Waals surface area (Å²) >= 11 is 0. The van der Waals surface area contributed by atoms with E-state index < -0.39 is 0 Å². The monoisotopic (exact) mass is 296 g/mol. The Hall–Kier alpha value is -2.47. The van der Waals surface area contributed by atoms with Gasteiger partial charge in [0.2, 0.25) is 5.89 Å². The molecule has 0 amide bonds. The largest absolute Gasteiger partial charge is 0.459 e. The molecule has 6 nitrogen and oxygen atoms in total. The molecular formula is C16H16N4O2. The van der Waals surface area contributed by atoms with E-state index >= 15 is 0 Å². The van der Waals surface area contributed by atoms with Gasteiger partial charge in [-0.05, 0) is 36.7 Å². The van der Waals surface area contributed by atoms with Gasteiger partial charge in [-0.1, -0.05) is 6.07 Å². The second-order valence-electron chi connectivity index (χ2n) is 5.50. The van der Waals surface area contributed by atoms with E-state index in [-0.39, 0.29) is 5.92 Å². The van der Waals surface area contributed by atoms with Crippen molar-refractivity contribution < 1.29 is 8.83 Å². The molecule has 1 saturated heterocycles. The molecule has 1 unspecified atom stereocenters. The highest BCUT2D eigenvalue weighted by atomic mass is 16.4. The Morgan fingerprint density at radius 2 is 2.23 bits per heavy atom. The van der Waals surface area contributed by atoms with Gasteiger partial charge >= 0.3 is 0 Å². The van der Waals surface area contributed by atoms with Gasteiger partial charge in [-0.3, -0.25) is 9.88 Å². The van der Waals surface area contributed by atoms with Gasteiger partial charge in [0.15, 0.2) is 5.76 Å². The Morgan fingerprint density at radius 1 is 1.23 bits per heavy atom. The number of hydrogen-bond donors (Lipinski definition) is 0. The fraction of sp³-hybridized carbons (Fsp3) is 0.312. The van der Waals surface area contributed by atoms with E-state index in [2.05, 4.69) is 26.1 Å². The van der Waals surface area contributed by atoms with Gasteiger partial charge in [-0.25, -0.2) is 0 Å². The normalized spacial score (nSPS) is 18.8. The van der Waals surface area contributed by atoms with Gasteiger partial charge in [0, 0.05) is 25.5 Å². The molecule has 22 heavy (non-hydrogen) atoms. The standard InChI is InChI=1S/C16H16N4O2/c1-3-12(9-17-6-1)10-20-7-5-13(11-20)15-18-19-16(22-15)14-4-2-8-21-14/h1-4,6,8-9,13H,5,7,10-11H2. The van der Waals surface area contributed by atoms with E-state index in [1.807, 2.05) is 24.4 Å². The molecule has 1 atom stereocenters. The summed E-state index contributed by atoms with van der Waals surface area (Å²) in [4.78, 5) is 6.55. The van der Waals surface area contributed by atoms with Gasteiger partial charge in [-0.15, -0.1) is 10.2 Å². The molecule has 0 aromatic carbocycles. The quantitative estimate of drug-likeness (QED) is 0.737. The smallest absolute Gasteiger partial charge is 0.283 e. The lowest BCUT2D eigenvalue weighted by Crippen LogP contribution is -2.19. The molecule has 6 heteroatoms. The van der Waals surface area contributed by atoms with Crippen molar-refractivity contribution in [1.82, 2.24) is 20.1 Å². The second kappa shape index (κ2) is 5.73. The van der Waals surface area contributed by atoms with E-state index in [0.29, 0.717) is 17.5 Å². The molecule has 4 rings (SSSR count). The lowest BCUT2D eigenvalue weighted by atomic mass is 10.1. The maximum absolute atomic E-state index is 5.76. The molecule has 0 bridgehead atoms. The summed E-state index contributed by atoms with van der Waals surface area (Å²) < 4.78 is 11.0. The van der Waals surface area contributed by atoms with Crippen LogP contribution in [0, 0.1) is 0 Å². The zero-order valence-corrected chi connectivity index (χ0v) is 12.1. The summed E-state index contributed by atoms with van der Waals surface area (Å²) in [5.74, 6) is 2.04. The number of hydrogen-bond acceptors (Lipinski definition) is 6. The average molecular weight is 296 g/mol. The van der Waals surface area contributed by atoms with E-state index in [0.717, 1.165) is 26.1 Å². The average Bonchev–Trinajstić information content (AvgIpc) is 3.29. The number of furan rings is 1. The molecule has 3 aromatic heterocycles. The third-order valence-corrected chi connectivity index (χ3v) is 3.92. The van der Waals surface area contributed by atoms with Crippen LogP contribution < -0.4 is 0 Å². The Balaban J connectivity index is 1.42. The van der Waals surface area contributed by atoms with Gasteiger partial charge < -0.3 is 8.83 Å². The van der Waals surface area contributed by atoms with E-state index in [4.69, 9.17) is 8.83 Å². The zero-order chi connectivity index (χ0) is 14.8. The topological polar surface area (TPSA) is 68.2 Å². The molecule has 0 radical (unpaired) electrons. The van der Waals surface area contributed by atoms with Crippen molar-refractivity contribution in [3.05, 3.63) is 54.4 Å². The first kappa shape index (κ1) is 13.2. The third-order valence-electron chi connectivity index (χ3n) is 3.92. The summed E-state index contributed by atoms with van der Waals surface area (Å²) in [6.07, 6.45) is 6.34. The number of nitrogens with zero attached hydrogens (tertiary/aromatic N) is 4. The van der Waals surface area contributed by atoms with Crippen molar-refractivity contribution in [1.29, 1.82) is 0 Å². The lowest BCUT2D eigenvalue weighted by Gasteiger charge is -2.14. The van der Waals surface area contributed by atoms with Gasteiger partial charge in [0.05, 0.1) is 12.2 Å². The van der Waals surface area contributed by atoms with Crippen molar-refractivity contribution in [2.75, 3.05) is 13.1 Å². The van der Waals surface area contributed by atoms with Crippen molar-refractivity contribution in [2.45, 2.75) is 18.9 Å². The van der Waals surface area contributed by atoms with Crippen LogP contribution in [-0.2, 0) is 6.54 Å². The molecule has 0 N–H and O–H groups in total. The maximum atomic E-state index is 5.76. The minimum atomic E-state index is 0.285. The third kappa shape index (κ3) is 2.65. The molecule has 1 aliphatic rings. The highest BCUT2D eigenvalue weighted by Crippen LogP contribution is 2.29. The van der Waals surface area contributed by atoms with E-state index in [1.165, 1.54) is 5.56 Å². The zero-order valence-electron chi connectivity index (χ0n) is 12.1. The van der Waals surface area contributed by atoms with Crippen molar-refractivity contribution in [3.8, 4) is 11.7 Å². The van der Waals surface area contributed by atoms with Crippen molar-refractivity contribution >= 4 is 0 Å². The van der Waals surface area contributed by atoms with Crippen LogP contribution in [0.2, 0.25) is 0 Å². The second-order valence-corrected chi connectivity index (χ2v) is 5.50. The molecule has 3 aromatic rings. The maximum Gasteiger partial charge on any atom is 0.283 e. The van der Waals surface area contributed by atoms with Crippen LogP contribution in [0.3, 0.4) is 0 Å². The van der Waals surface area contributed by atoms with Crippen LogP contribution in [0.4, 0.5) is 0 Å². The van der Waals surface area contributed by atoms with E-state index in [1.54, 1.807) is 12.5 Å². The van der Waals surface area contributed by atoms with Crippen LogP contribution in [0.5, 0.6) is 0 Å². The first-order valence-corrected chi connectivity index (χ1v) is 7.37. The molecular weight excluding hydrogens is 280 g/mol. The number of pyridine rings is 1. The molecule has 112 valence electrons. The summed E-state index contributed by atoms with van der Waals surface area (Å²) in [5.41, 5.74) is 1.23. The van der Waals surface area contributed by atoms with Gasteiger partial charge in [0.1, 0.15) is 0 Å². The predicted molar refractivity (Wildman–Crippen MR) is 78.9 cm³/mol.